The minimum absolute atomic E-state index is 0.0989. The molecular formula is C23H34N6O6. The number of amides is 7. The molecule has 0 radical (unpaired) electrons. The average molecular weight is 491 g/mol. The molecule has 2 saturated heterocycles. The molecule has 192 valence electrons. The van der Waals surface area contributed by atoms with Crippen molar-refractivity contribution in [3.8, 4) is 0 Å². The van der Waals surface area contributed by atoms with E-state index in [1.807, 2.05) is 6.92 Å². The first-order valence-corrected chi connectivity index (χ1v) is 12.2. The van der Waals surface area contributed by atoms with E-state index in [1.165, 1.54) is 11.9 Å². The van der Waals surface area contributed by atoms with Gasteiger partial charge in [0.15, 0.2) is 0 Å². The number of unbranched alkanes of at least 4 members (excludes halogenated alkanes) is 1. The molecule has 0 aromatic heterocycles. The maximum absolute atomic E-state index is 13.2. The number of hydrogen-bond acceptors (Lipinski definition) is 8. The summed E-state index contributed by atoms with van der Waals surface area (Å²) in [7, 11) is 1.46. The summed E-state index contributed by atoms with van der Waals surface area (Å²) in [6, 6.07) is -1.45. The summed E-state index contributed by atoms with van der Waals surface area (Å²) in [5.41, 5.74) is 9.84. The van der Waals surface area contributed by atoms with Crippen molar-refractivity contribution in [2.24, 2.45) is 16.9 Å². The number of nitrogens with two attached hydrogens (primary N) is 2. The number of barbiturate groups is 1. The number of imide groups is 3. The van der Waals surface area contributed by atoms with Gasteiger partial charge in [0.05, 0.1) is 6.61 Å². The molecule has 0 aromatic rings. The third-order valence-electron chi connectivity index (χ3n) is 8.13. The van der Waals surface area contributed by atoms with Gasteiger partial charge in [0.25, 0.3) is 17.7 Å². The van der Waals surface area contributed by atoms with E-state index < -0.39 is 41.3 Å². The smallest absolute Gasteiger partial charge is 0.334 e. The zero-order valence-corrected chi connectivity index (χ0v) is 20.3. The Hall–Kier alpha value is -3.15. The topological polar surface area (TPSA) is 171 Å². The molecule has 12 nitrogen and oxygen atoms in total. The SMILES string of the molecule is CCCCN1C(=O)C(=C(N)N)C(=O)N(C2CCC3(CC2)CC2(C3)C(=O)N(C)C(=O)N2CCO)C1=O. The van der Waals surface area contributed by atoms with Crippen molar-refractivity contribution in [1.82, 2.24) is 19.6 Å². The largest absolute Gasteiger partial charge is 0.395 e. The van der Waals surface area contributed by atoms with Crippen molar-refractivity contribution in [2.75, 3.05) is 26.7 Å². The molecule has 4 fully saturated rings. The van der Waals surface area contributed by atoms with E-state index >= 15 is 0 Å². The van der Waals surface area contributed by atoms with Crippen molar-refractivity contribution in [3.05, 3.63) is 11.4 Å². The van der Waals surface area contributed by atoms with Crippen LogP contribution < -0.4 is 11.5 Å². The normalized spacial score (nSPS) is 31.3. The van der Waals surface area contributed by atoms with Gasteiger partial charge in [0.2, 0.25) is 0 Å². The number of carbonyl (C=O) groups excluding carboxylic acids is 5. The van der Waals surface area contributed by atoms with Crippen LogP contribution in [0.15, 0.2) is 11.4 Å². The van der Waals surface area contributed by atoms with Crippen LogP contribution in [0.3, 0.4) is 0 Å². The van der Waals surface area contributed by atoms with Crippen molar-refractivity contribution in [3.63, 3.8) is 0 Å². The summed E-state index contributed by atoms with van der Waals surface area (Å²) in [6.45, 7) is 1.99. The Bertz CT molecular complexity index is 988. The highest BCUT2D eigenvalue weighted by Gasteiger charge is 2.68. The summed E-state index contributed by atoms with van der Waals surface area (Å²) in [5.74, 6) is -2.16. The Kier molecular flexibility index (Phi) is 6.28. The summed E-state index contributed by atoms with van der Waals surface area (Å²) in [6.07, 6.45) is 4.69. The van der Waals surface area contributed by atoms with Crippen LogP contribution >= 0.6 is 0 Å². The van der Waals surface area contributed by atoms with Gasteiger partial charge in [-0.05, 0) is 50.4 Å². The number of β-amino-alcohol motifs (C(OH)–C–C–N with tert-alkyl or cyclic N) is 1. The van der Waals surface area contributed by atoms with Gasteiger partial charge in [-0.3, -0.25) is 29.1 Å². The van der Waals surface area contributed by atoms with Crippen LogP contribution in [0, 0.1) is 5.41 Å². The fourth-order valence-electron chi connectivity index (χ4n) is 6.38. The Morgan fingerprint density at radius 1 is 1.00 bits per heavy atom. The maximum atomic E-state index is 13.2. The van der Waals surface area contributed by atoms with Gasteiger partial charge >= 0.3 is 12.1 Å². The van der Waals surface area contributed by atoms with Crippen molar-refractivity contribution in [2.45, 2.75) is 69.9 Å². The fourth-order valence-corrected chi connectivity index (χ4v) is 6.38. The standard InChI is InChI=1S/C23H34N6O6/c1-3-4-9-27-17(31)15(16(24)25)18(32)29(21(27)35)14-5-7-22(8-6-14)12-23(13-22)19(33)26(2)20(34)28(23)10-11-30/h14,30H,3-13,24-25H2,1-2H3. The van der Waals surface area contributed by atoms with E-state index in [-0.39, 0.29) is 36.6 Å². The number of urea groups is 2. The van der Waals surface area contributed by atoms with Crippen LogP contribution in [0.1, 0.15) is 58.3 Å². The molecule has 2 heterocycles. The molecule has 2 aliphatic heterocycles. The van der Waals surface area contributed by atoms with Gasteiger partial charge in [-0.25, -0.2) is 9.59 Å². The molecule has 12 heteroatoms. The lowest BCUT2D eigenvalue weighted by atomic mass is 9.51. The monoisotopic (exact) mass is 490 g/mol. The molecule has 0 atom stereocenters. The molecule has 2 saturated carbocycles. The Morgan fingerprint density at radius 2 is 1.63 bits per heavy atom. The molecule has 2 aliphatic carbocycles. The average Bonchev–Trinajstić information content (AvgIpc) is 2.96. The van der Waals surface area contributed by atoms with Crippen molar-refractivity contribution < 1.29 is 29.1 Å². The van der Waals surface area contributed by atoms with Gasteiger partial charge in [0, 0.05) is 26.2 Å². The van der Waals surface area contributed by atoms with Crippen LogP contribution in [-0.4, -0.2) is 92.8 Å². The number of likely N-dealkylation sites (N-methyl/N-ethyl adjacent to an activating group) is 1. The molecule has 35 heavy (non-hydrogen) atoms. The second kappa shape index (κ2) is 8.81. The maximum Gasteiger partial charge on any atom is 0.334 e. The summed E-state index contributed by atoms with van der Waals surface area (Å²) in [4.78, 5) is 69.2. The number of hydrogen-bond donors (Lipinski definition) is 3. The third kappa shape index (κ3) is 3.65. The van der Waals surface area contributed by atoms with Crippen LogP contribution in [0.2, 0.25) is 0 Å². The first-order valence-electron chi connectivity index (χ1n) is 12.2. The zero-order valence-electron chi connectivity index (χ0n) is 20.3. The molecule has 4 rings (SSSR count). The quantitative estimate of drug-likeness (QED) is 0.266. The van der Waals surface area contributed by atoms with E-state index in [2.05, 4.69) is 0 Å². The van der Waals surface area contributed by atoms with Gasteiger partial charge in [-0.2, -0.15) is 0 Å². The number of nitrogens with zero attached hydrogens (tertiary/aromatic N) is 4. The van der Waals surface area contributed by atoms with E-state index in [0.717, 1.165) is 21.1 Å². The number of carbonyl (C=O) groups is 5. The highest BCUT2D eigenvalue weighted by atomic mass is 16.3. The second-order valence-electron chi connectivity index (χ2n) is 10.2. The summed E-state index contributed by atoms with van der Waals surface area (Å²) >= 11 is 0. The van der Waals surface area contributed by atoms with Gasteiger partial charge in [-0.15, -0.1) is 0 Å². The highest BCUT2D eigenvalue weighted by Crippen LogP contribution is 2.61. The van der Waals surface area contributed by atoms with Crippen LogP contribution in [0.25, 0.3) is 0 Å². The first kappa shape index (κ1) is 25.0. The molecule has 0 aromatic carbocycles. The Morgan fingerprint density at radius 3 is 2.17 bits per heavy atom. The Labute approximate surface area is 203 Å². The molecular weight excluding hydrogens is 456 g/mol. The molecule has 5 N–H and O–H groups in total. The molecule has 0 bridgehead atoms. The summed E-state index contributed by atoms with van der Waals surface area (Å²) in [5, 5.41) is 9.41. The molecule has 2 spiro atoms. The lowest BCUT2D eigenvalue weighted by molar-refractivity contribution is -0.150. The summed E-state index contributed by atoms with van der Waals surface area (Å²) < 4.78 is 0. The van der Waals surface area contributed by atoms with E-state index in [4.69, 9.17) is 11.5 Å². The minimum atomic E-state index is -0.925. The van der Waals surface area contributed by atoms with Crippen molar-refractivity contribution in [1.29, 1.82) is 0 Å². The number of aliphatic hydroxyl groups is 1. The number of aliphatic hydroxyl groups excluding tert-OH is 1. The number of rotatable bonds is 6. The van der Waals surface area contributed by atoms with E-state index in [9.17, 15) is 29.1 Å². The zero-order chi connectivity index (χ0) is 25.7. The predicted molar refractivity (Wildman–Crippen MR) is 123 cm³/mol. The van der Waals surface area contributed by atoms with Crippen LogP contribution in [0.4, 0.5) is 9.59 Å². The van der Waals surface area contributed by atoms with Crippen molar-refractivity contribution >= 4 is 29.8 Å². The first-order chi connectivity index (χ1) is 16.5. The van der Waals surface area contributed by atoms with Crippen LogP contribution in [-0.2, 0) is 14.4 Å². The molecule has 7 amide bonds. The fraction of sp³-hybridized carbons (Fsp3) is 0.696. The van der Waals surface area contributed by atoms with Gasteiger partial charge in [-0.1, -0.05) is 13.3 Å². The molecule has 0 unspecified atom stereocenters. The minimum Gasteiger partial charge on any atom is -0.395 e. The van der Waals surface area contributed by atoms with Crippen LogP contribution in [0.5, 0.6) is 0 Å². The highest BCUT2D eigenvalue weighted by molar-refractivity contribution is 6.29. The van der Waals surface area contributed by atoms with Gasteiger partial charge < -0.3 is 21.5 Å². The predicted octanol–water partition coefficient (Wildman–Crippen LogP) is 0.0542. The molecule has 4 aliphatic rings. The lowest BCUT2D eigenvalue weighted by Gasteiger charge is -2.58. The van der Waals surface area contributed by atoms with E-state index in [0.29, 0.717) is 44.9 Å². The second-order valence-corrected chi connectivity index (χ2v) is 10.2. The van der Waals surface area contributed by atoms with Gasteiger partial charge in [0.1, 0.15) is 16.9 Å². The van der Waals surface area contributed by atoms with E-state index in [1.54, 1.807) is 0 Å². The third-order valence-corrected chi connectivity index (χ3v) is 8.13. The Balaban J connectivity index is 1.49. The lowest BCUT2D eigenvalue weighted by Crippen LogP contribution is -2.66.